The first kappa shape index (κ1) is 58.4. The van der Waals surface area contributed by atoms with Crippen LogP contribution in [0.15, 0.2) is 0 Å². The van der Waals surface area contributed by atoms with Crippen LogP contribution in [0.25, 0.3) is 0 Å². The van der Waals surface area contributed by atoms with E-state index >= 15 is 0 Å². The van der Waals surface area contributed by atoms with Crippen molar-refractivity contribution in [1.82, 2.24) is 0 Å². The smallest absolute Gasteiger partial charge is 0.306 e. The van der Waals surface area contributed by atoms with Gasteiger partial charge in [-0.3, -0.25) is 14.4 Å². The molecular weight excluding hydrogens is 745 g/mol. The second kappa shape index (κ2) is 45.4. The Balaban J connectivity index is 4.28. The fourth-order valence-electron chi connectivity index (χ4n) is 8.08. The quantitative estimate of drug-likeness (QED) is 0.0345. The Kier molecular flexibility index (Phi) is 44.2. The second-order valence-electron chi connectivity index (χ2n) is 19.7. The minimum absolute atomic E-state index is 0.0651. The fraction of sp³-hybridized carbons (Fsp3) is 0.944. The van der Waals surface area contributed by atoms with Crippen LogP contribution in [0.1, 0.15) is 292 Å². The molecule has 356 valence electrons. The summed E-state index contributed by atoms with van der Waals surface area (Å²) < 4.78 is 16.8. The Labute approximate surface area is 374 Å². The number of ether oxygens (including phenoxy) is 3. The molecule has 0 saturated carbocycles. The highest BCUT2D eigenvalue weighted by Gasteiger charge is 2.19. The highest BCUT2D eigenvalue weighted by Crippen LogP contribution is 2.18. The zero-order chi connectivity index (χ0) is 44.2. The second-order valence-corrected chi connectivity index (χ2v) is 19.7. The van der Waals surface area contributed by atoms with Crippen molar-refractivity contribution in [2.75, 3.05) is 13.2 Å². The predicted molar refractivity (Wildman–Crippen MR) is 256 cm³/mol. The lowest BCUT2D eigenvalue weighted by molar-refractivity contribution is -0.167. The van der Waals surface area contributed by atoms with Gasteiger partial charge in [0.15, 0.2) is 6.10 Å². The fourth-order valence-corrected chi connectivity index (χ4v) is 8.08. The van der Waals surface area contributed by atoms with Crippen molar-refractivity contribution in [2.24, 2.45) is 17.8 Å². The SMILES string of the molecule is CCC(C)CCCCCCCCC(=O)OC[C@H](COC(=O)CCCCCCCCCCCCCC(C)C)OC(=O)CCCCCCCCCCCCCCCCCC(C)C. The zero-order valence-electron chi connectivity index (χ0n) is 41.3. The number of esters is 3. The maximum atomic E-state index is 12.8. The summed E-state index contributed by atoms with van der Waals surface area (Å²) in [6.45, 7) is 13.7. The molecule has 0 heterocycles. The Bertz CT molecular complexity index is 931. The lowest BCUT2D eigenvalue weighted by Gasteiger charge is -2.18. The van der Waals surface area contributed by atoms with Gasteiger partial charge in [0.05, 0.1) is 0 Å². The molecule has 0 aliphatic heterocycles. The molecule has 2 atom stereocenters. The first-order valence-electron chi connectivity index (χ1n) is 26.6. The van der Waals surface area contributed by atoms with Gasteiger partial charge in [0, 0.05) is 19.3 Å². The highest BCUT2D eigenvalue weighted by molar-refractivity contribution is 5.71. The van der Waals surface area contributed by atoms with E-state index in [2.05, 4.69) is 41.5 Å². The molecule has 0 N–H and O–H groups in total. The van der Waals surface area contributed by atoms with Crippen molar-refractivity contribution in [3.8, 4) is 0 Å². The summed E-state index contributed by atoms with van der Waals surface area (Å²) in [6.07, 6.45) is 45.2. The van der Waals surface area contributed by atoms with E-state index in [1.54, 1.807) is 0 Å². The van der Waals surface area contributed by atoms with Gasteiger partial charge in [0.25, 0.3) is 0 Å². The van der Waals surface area contributed by atoms with Crippen molar-refractivity contribution < 1.29 is 28.6 Å². The van der Waals surface area contributed by atoms with E-state index in [-0.39, 0.29) is 31.1 Å². The average Bonchev–Trinajstić information content (AvgIpc) is 3.22. The van der Waals surface area contributed by atoms with Crippen LogP contribution in [0.5, 0.6) is 0 Å². The number of hydrogen-bond donors (Lipinski definition) is 0. The normalized spacial score (nSPS) is 12.6. The maximum Gasteiger partial charge on any atom is 0.306 e. The van der Waals surface area contributed by atoms with Crippen molar-refractivity contribution in [2.45, 2.75) is 298 Å². The van der Waals surface area contributed by atoms with Crippen LogP contribution in [0.4, 0.5) is 0 Å². The topological polar surface area (TPSA) is 78.9 Å². The molecule has 0 saturated heterocycles. The molecule has 0 bridgehead atoms. The average molecular weight is 849 g/mol. The summed E-state index contributed by atoms with van der Waals surface area (Å²) in [5, 5.41) is 0. The molecule has 0 aromatic rings. The minimum atomic E-state index is -0.763. The molecular formula is C54H104O6. The molecule has 0 aromatic carbocycles. The van der Waals surface area contributed by atoms with Gasteiger partial charge in [-0.05, 0) is 37.0 Å². The van der Waals surface area contributed by atoms with E-state index in [0.717, 1.165) is 75.5 Å². The van der Waals surface area contributed by atoms with E-state index in [0.29, 0.717) is 19.3 Å². The number of carbonyl (C=O) groups is 3. The predicted octanol–water partition coefficient (Wildman–Crippen LogP) is 17.2. The molecule has 0 radical (unpaired) electrons. The maximum absolute atomic E-state index is 12.8. The third kappa shape index (κ3) is 45.9. The van der Waals surface area contributed by atoms with Gasteiger partial charge >= 0.3 is 17.9 Å². The summed E-state index contributed by atoms with van der Waals surface area (Å²) in [4.78, 5) is 38.0. The molecule has 0 aliphatic carbocycles. The van der Waals surface area contributed by atoms with Gasteiger partial charge < -0.3 is 14.2 Å². The molecule has 0 spiro atoms. The van der Waals surface area contributed by atoms with Gasteiger partial charge in [-0.1, -0.05) is 253 Å². The third-order valence-corrected chi connectivity index (χ3v) is 12.5. The Hall–Kier alpha value is -1.59. The summed E-state index contributed by atoms with van der Waals surface area (Å²) in [6, 6.07) is 0. The lowest BCUT2D eigenvalue weighted by Crippen LogP contribution is -2.30. The largest absolute Gasteiger partial charge is 0.462 e. The Morgan fingerprint density at radius 2 is 0.583 bits per heavy atom. The first-order valence-corrected chi connectivity index (χ1v) is 26.6. The van der Waals surface area contributed by atoms with Gasteiger partial charge in [0.1, 0.15) is 13.2 Å². The monoisotopic (exact) mass is 849 g/mol. The van der Waals surface area contributed by atoms with Gasteiger partial charge in [0.2, 0.25) is 0 Å². The zero-order valence-corrected chi connectivity index (χ0v) is 41.3. The van der Waals surface area contributed by atoms with Crippen LogP contribution >= 0.6 is 0 Å². The van der Waals surface area contributed by atoms with E-state index in [1.165, 1.54) is 173 Å². The van der Waals surface area contributed by atoms with Crippen LogP contribution in [-0.4, -0.2) is 37.2 Å². The van der Waals surface area contributed by atoms with Crippen LogP contribution < -0.4 is 0 Å². The van der Waals surface area contributed by atoms with Crippen LogP contribution in [0.3, 0.4) is 0 Å². The molecule has 0 amide bonds. The molecule has 1 unspecified atom stereocenters. The third-order valence-electron chi connectivity index (χ3n) is 12.5. The van der Waals surface area contributed by atoms with Crippen molar-refractivity contribution in [1.29, 1.82) is 0 Å². The standard InChI is InChI=1S/C54H104O6/c1-7-50(6)42-36-30-26-27-32-38-44-53(56)59-47-51(46-58-52(55)43-37-31-24-20-17-13-15-19-23-29-35-41-49(4)5)60-54(57)45-39-33-25-21-16-12-10-8-9-11-14-18-22-28-34-40-48(2)3/h48-51H,7-47H2,1-6H3/t50?,51-/m0/s1. The molecule has 6 nitrogen and oxygen atoms in total. The van der Waals surface area contributed by atoms with Gasteiger partial charge in [-0.15, -0.1) is 0 Å². The molecule has 60 heavy (non-hydrogen) atoms. The van der Waals surface area contributed by atoms with Crippen molar-refractivity contribution >= 4 is 17.9 Å². The summed E-state index contributed by atoms with van der Waals surface area (Å²) in [5.74, 6) is 1.64. The number of rotatable bonds is 47. The summed E-state index contributed by atoms with van der Waals surface area (Å²) >= 11 is 0. The van der Waals surface area contributed by atoms with Crippen molar-refractivity contribution in [3.63, 3.8) is 0 Å². The van der Waals surface area contributed by atoms with E-state index in [4.69, 9.17) is 14.2 Å². The number of hydrogen-bond acceptors (Lipinski definition) is 6. The van der Waals surface area contributed by atoms with E-state index in [9.17, 15) is 14.4 Å². The van der Waals surface area contributed by atoms with E-state index < -0.39 is 6.10 Å². The van der Waals surface area contributed by atoms with Crippen LogP contribution in [0, 0.1) is 17.8 Å². The first-order chi connectivity index (χ1) is 29.1. The molecule has 0 fully saturated rings. The Morgan fingerprint density at radius 3 is 0.867 bits per heavy atom. The molecule has 0 aromatic heterocycles. The van der Waals surface area contributed by atoms with Crippen LogP contribution in [0.2, 0.25) is 0 Å². The van der Waals surface area contributed by atoms with Gasteiger partial charge in [-0.25, -0.2) is 0 Å². The van der Waals surface area contributed by atoms with Gasteiger partial charge in [-0.2, -0.15) is 0 Å². The molecule has 6 heteroatoms. The molecule has 0 aliphatic rings. The van der Waals surface area contributed by atoms with Crippen LogP contribution in [-0.2, 0) is 28.6 Å². The minimum Gasteiger partial charge on any atom is -0.462 e. The lowest BCUT2D eigenvalue weighted by atomic mass is 10.00. The number of unbranched alkanes of at least 4 members (excludes halogenated alkanes) is 29. The highest BCUT2D eigenvalue weighted by atomic mass is 16.6. The summed E-state index contributed by atoms with van der Waals surface area (Å²) in [7, 11) is 0. The number of carbonyl (C=O) groups excluding carboxylic acids is 3. The Morgan fingerprint density at radius 1 is 0.333 bits per heavy atom. The van der Waals surface area contributed by atoms with Crippen molar-refractivity contribution in [3.05, 3.63) is 0 Å². The van der Waals surface area contributed by atoms with E-state index in [1.807, 2.05) is 0 Å². The molecule has 0 rings (SSSR count). The summed E-state index contributed by atoms with van der Waals surface area (Å²) in [5.41, 5.74) is 0.